The first-order valence-electron chi connectivity index (χ1n) is 34.0. The van der Waals surface area contributed by atoms with Gasteiger partial charge in [0.2, 0.25) is 0 Å². The van der Waals surface area contributed by atoms with Crippen molar-refractivity contribution in [3.63, 3.8) is 0 Å². The second-order valence-electron chi connectivity index (χ2n) is 22.3. The van der Waals surface area contributed by atoms with Gasteiger partial charge in [-0.05, 0) is 109 Å². The number of hydrogen-bond donors (Lipinski definition) is 2. The molecule has 0 rings (SSSR count). The lowest BCUT2D eigenvalue weighted by molar-refractivity contribution is -0.161. The maximum Gasteiger partial charge on any atom is 0.472 e. The molecule has 0 saturated carbocycles. The van der Waals surface area contributed by atoms with Crippen molar-refractivity contribution < 1.29 is 37.6 Å². The molecule has 9 nitrogen and oxygen atoms in total. The minimum absolute atomic E-state index is 0.0437. The van der Waals surface area contributed by atoms with Crippen molar-refractivity contribution in [1.82, 2.24) is 0 Å². The molecule has 0 aromatic rings. The van der Waals surface area contributed by atoms with E-state index in [4.69, 9.17) is 24.3 Å². The van der Waals surface area contributed by atoms with E-state index in [0.717, 1.165) is 103 Å². The van der Waals surface area contributed by atoms with Crippen LogP contribution < -0.4 is 5.73 Å². The van der Waals surface area contributed by atoms with Gasteiger partial charge < -0.3 is 20.1 Å². The Kier molecular flexibility index (Phi) is 64.6. The normalized spacial score (nSPS) is 13.7. The van der Waals surface area contributed by atoms with Crippen LogP contribution in [-0.2, 0) is 32.7 Å². The number of rotatable bonds is 63. The predicted molar refractivity (Wildman–Crippen MR) is 358 cm³/mol. The van der Waals surface area contributed by atoms with E-state index in [-0.39, 0.29) is 38.6 Å². The number of unbranched alkanes of at least 4 members (excludes halogenated alkanes) is 30. The number of carbonyl (C=O) groups excluding carboxylic acids is 2. The minimum atomic E-state index is -4.41. The van der Waals surface area contributed by atoms with Crippen LogP contribution in [0.2, 0.25) is 0 Å². The fourth-order valence-electron chi connectivity index (χ4n) is 9.33. The first-order valence-corrected chi connectivity index (χ1v) is 35.5. The van der Waals surface area contributed by atoms with Crippen molar-refractivity contribution in [1.29, 1.82) is 0 Å². The zero-order chi connectivity index (χ0) is 60.1. The molecule has 0 fully saturated rings. The van der Waals surface area contributed by atoms with Crippen molar-refractivity contribution in [3.05, 3.63) is 122 Å². The summed E-state index contributed by atoms with van der Waals surface area (Å²) in [5.74, 6) is -0.855. The van der Waals surface area contributed by atoms with Crippen LogP contribution in [-0.4, -0.2) is 49.3 Å². The maximum absolute atomic E-state index is 12.7. The number of ether oxygens (including phenoxy) is 2. The van der Waals surface area contributed by atoms with Crippen molar-refractivity contribution >= 4 is 19.8 Å². The van der Waals surface area contributed by atoms with E-state index >= 15 is 0 Å². The Labute approximate surface area is 511 Å². The van der Waals surface area contributed by atoms with E-state index in [1.807, 2.05) is 0 Å². The summed E-state index contributed by atoms with van der Waals surface area (Å²) in [6.45, 7) is 3.61. The maximum atomic E-state index is 12.7. The molecule has 0 aliphatic carbocycles. The number of hydrogen-bond acceptors (Lipinski definition) is 8. The molecule has 0 aliphatic rings. The van der Waals surface area contributed by atoms with Crippen LogP contribution in [0.15, 0.2) is 122 Å². The largest absolute Gasteiger partial charge is 0.472 e. The second kappa shape index (κ2) is 67.5. The number of esters is 2. The average molecular weight is 1180 g/mol. The molecule has 2 unspecified atom stereocenters. The van der Waals surface area contributed by atoms with E-state index < -0.39 is 26.5 Å². The molecule has 0 aromatic carbocycles. The zero-order valence-corrected chi connectivity index (χ0v) is 54.3. The molecular weight excluding hydrogens is 1050 g/mol. The molecule has 0 bridgehead atoms. The molecular formula is C73H126NO8P. The Morgan fingerprint density at radius 2 is 0.663 bits per heavy atom. The molecule has 476 valence electrons. The van der Waals surface area contributed by atoms with E-state index in [1.165, 1.54) is 161 Å². The van der Waals surface area contributed by atoms with Gasteiger partial charge in [0.25, 0.3) is 0 Å². The monoisotopic (exact) mass is 1180 g/mol. The lowest BCUT2D eigenvalue weighted by Gasteiger charge is -2.19. The first kappa shape index (κ1) is 79.4. The smallest absolute Gasteiger partial charge is 0.462 e. The Hall–Kier alpha value is -3.59. The lowest BCUT2D eigenvalue weighted by atomic mass is 10.0. The van der Waals surface area contributed by atoms with Gasteiger partial charge in [-0.25, -0.2) is 4.57 Å². The summed E-state index contributed by atoms with van der Waals surface area (Å²) in [5.41, 5.74) is 5.40. The molecule has 10 heteroatoms. The Morgan fingerprint density at radius 1 is 0.373 bits per heavy atom. The van der Waals surface area contributed by atoms with Gasteiger partial charge in [-0.2, -0.15) is 0 Å². The molecule has 0 radical (unpaired) electrons. The summed E-state index contributed by atoms with van der Waals surface area (Å²) in [6, 6.07) is 0. The van der Waals surface area contributed by atoms with Gasteiger partial charge >= 0.3 is 19.8 Å². The fourth-order valence-corrected chi connectivity index (χ4v) is 10.1. The highest BCUT2D eigenvalue weighted by molar-refractivity contribution is 7.47. The number of nitrogens with two attached hydrogens (primary N) is 1. The summed E-state index contributed by atoms with van der Waals surface area (Å²) < 4.78 is 33.1. The molecule has 2 atom stereocenters. The summed E-state index contributed by atoms with van der Waals surface area (Å²) in [6.07, 6.45) is 94.3. The summed E-state index contributed by atoms with van der Waals surface area (Å²) in [4.78, 5) is 35.3. The quantitative estimate of drug-likeness (QED) is 0.0264. The third-order valence-corrected chi connectivity index (χ3v) is 15.3. The molecule has 0 spiro atoms. The van der Waals surface area contributed by atoms with Crippen molar-refractivity contribution in [2.45, 2.75) is 302 Å². The van der Waals surface area contributed by atoms with Crippen LogP contribution in [0, 0.1) is 0 Å². The van der Waals surface area contributed by atoms with Gasteiger partial charge in [0.15, 0.2) is 6.10 Å². The Bertz CT molecular complexity index is 1770. The second-order valence-corrected chi connectivity index (χ2v) is 23.8. The number of allylic oxidation sites excluding steroid dienone is 20. The minimum Gasteiger partial charge on any atom is -0.462 e. The highest BCUT2D eigenvalue weighted by atomic mass is 31.2. The van der Waals surface area contributed by atoms with E-state index in [1.54, 1.807) is 0 Å². The third kappa shape index (κ3) is 67.4. The van der Waals surface area contributed by atoms with Crippen LogP contribution in [0.25, 0.3) is 0 Å². The number of phosphoric ester groups is 1. The van der Waals surface area contributed by atoms with Crippen LogP contribution in [0.4, 0.5) is 0 Å². The first-order chi connectivity index (χ1) is 40.8. The van der Waals surface area contributed by atoms with E-state index in [9.17, 15) is 19.0 Å². The summed E-state index contributed by atoms with van der Waals surface area (Å²) >= 11 is 0. The molecule has 83 heavy (non-hydrogen) atoms. The van der Waals surface area contributed by atoms with Gasteiger partial charge in [0, 0.05) is 19.4 Å². The summed E-state index contributed by atoms with van der Waals surface area (Å²) in [5, 5.41) is 0. The van der Waals surface area contributed by atoms with Crippen molar-refractivity contribution in [3.8, 4) is 0 Å². The lowest BCUT2D eigenvalue weighted by Crippen LogP contribution is -2.29. The average Bonchev–Trinajstić information content (AvgIpc) is 3.49. The predicted octanol–water partition coefficient (Wildman–Crippen LogP) is 22.3. The molecule has 0 aliphatic heterocycles. The topological polar surface area (TPSA) is 134 Å². The third-order valence-electron chi connectivity index (χ3n) is 14.3. The fraction of sp³-hybridized carbons (Fsp3) is 0.699. The molecule has 0 heterocycles. The SMILES string of the molecule is CC/C=C\C/C=C\C/C=C\C/C=C\C/C=C\C/C=C\C/C=C\C/C=C\CCCCCCC(=O)OC(COC(=O)CCCCCCCCCCCCCCCCCCCCCCC/C=C\C/C=C\CCCCCCC)COP(=O)(O)OCCN. The highest BCUT2D eigenvalue weighted by Crippen LogP contribution is 2.43. The van der Waals surface area contributed by atoms with Crippen molar-refractivity contribution in [2.24, 2.45) is 5.73 Å². The van der Waals surface area contributed by atoms with E-state index in [0.29, 0.717) is 6.42 Å². The Balaban J connectivity index is 3.95. The summed E-state index contributed by atoms with van der Waals surface area (Å²) in [7, 11) is -4.41. The number of carbonyl (C=O) groups is 2. The van der Waals surface area contributed by atoms with Gasteiger partial charge in [-0.3, -0.25) is 18.6 Å². The van der Waals surface area contributed by atoms with Crippen LogP contribution in [0.5, 0.6) is 0 Å². The van der Waals surface area contributed by atoms with Crippen LogP contribution in [0.3, 0.4) is 0 Å². The zero-order valence-electron chi connectivity index (χ0n) is 53.4. The highest BCUT2D eigenvalue weighted by Gasteiger charge is 2.26. The Morgan fingerprint density at radius 3 is 0.988 bits per heavy atom. The molecule has 0 saturated heterocycles. The van der Waals surface area contributed by atoms with Gasteiger partial charge in [-0.15, -0.1) is 0 Å². The number of phosphoric acid groups is 1. The standard InChI is InChI=1S/C73H126NO8P/c1-3-5-7-9-11-13-15-17-19-21-23-25-27-29-31-33-34-35-36-38-39-41-43-45-47-49-51-53-55-57-59-61-63-65-72(75)79-69-71(70-81-83(77,78)80-68-67-74)82-73(76)66-64-62-60-58-56-54-52-50-48-46-44-42-40-37-32-30-28-26-24-22-20-18-16-14-12-10-8-6-4-2/h6,8,12,14-15,17-18,20-21,23-24,26,30,32,40,42,46,48,52,54,71H,3-5,7,9-11,13,16,19,22,25,27-29,31,33-39,41,43-45,47,49-51,53,55-70,74H2,1-2H3,(H,77,78)/b8-6-,14-12-,17-15-,20-18-,23-21-,26-24-,32-30-,42-40-,48-46-,54-52-. The van der Waals surface area contributed by atoms with Gasteiger partial charge in [0.1, 0.15) is 6.61 Å². The van der Waals surface area contributed by atoms with Gasteiger partial charge in [-0.1, -0.05) is 296 Å². The molecule has 0 amide bonds. The van der Waals surface area contributed by atoms with Gasteiger partial charge in [0.05, 0.1) is 13.2 Å². The van der Waals surface area contributed by atoms with Crippen molar-refractivity contribution in [2.75, 3.05) is 26.4 Å². The van der Waals surface area contributed by atoms with Crippen LogP contribution >= 0.6 is 7.82 Å². The van der Waals surface area contributed by atoms with Crippen LogP contribution in [0.1, 0.15) is 296 Å². The molecule has 3 N–H and O–H groups in total. The van der Waals surface area contributed by atoms with E-state index in [2.05, 4.69) is 135 Å². The molecule has 0 aromatic heterocycles.